The second kappa shape index (κ2) is 5.00. The molecule has 8 heteroatoms. The molecule has 3 aromatic rings. The maximum atomic E-state index is 10.6. The van der Waals surface area contributed by atoms with Gasteiger partial charge in [0.05, 0.1) is 22.4 Å². The van der Waals surface area contributed by atoms with Gasteiger partial charge in [0.1, 0.15) is 0 Å². The van der Waals surface area contributed by atoms with Gasteiger partial charge >= 0.3 is 0 Å². The van der Waals surface area contributed by atoms with Crippen LogP contribution in [0.15, 0.2) is 47.2 Å². The van der Waals surface area contributed by atoms with Gasteiger partial charge in [0.2, 0.25) is 5.82 Å². The lowest BCUT2D eigenvalue weighted by atomic mass is 10.2. The van der Waals surface area contributed by atoms with Crippen molar-refractivity contribution in [2.75, 3.05) is 5.73 Å². The van der Waals surface area contributed by atoms with Crippen molar-refractivity contribution in [1.29, 1.82) is 0 Å². The lowest BCUT2D eigenvalue weighted by Gasteiger charge is -1.97. The van der Waals surface area contributed by atoms with Crippen LogP contribution < -0.4 is 5.73 Å². The molecule has 0 amide bonds. The zero-order valence-electron chi connectivity index (χ0n) is 10.6. The maximum absolute atomic E-state index is 10.6. The molecule has 0 aliphatic rings. The Balaban J connectivity index is 1.95. The summed E-state index contributed by atoms with van der Waals surface area (Å²) in [5.74, 6) is 0.597. The van der Waals surface area contributed by atoms with E-state index >= 15 is 0 Å². The minimum absolute atomic E-state index is 0.000784. The molecule has 104 valence electrons. The number of pyridine rings is 1. The smallest absolute Gasteiger partial charge is 0.269 e. The Kier molecular flexibility index (Phi) is 3.03. The lowest BCUT2D eigenvalue weighted by Crippen LogP contribution is -1.91. The van der Waals surface area contributed by atoms with Crippen molar-refractivity contribution in [3.8, 4) is 22.8 Å². The average Bonchev–Trinajstić information content (AvgIpc) is 2.97. The van der Waals surface area contributed by atoms with Crippen LogP contribution in [-0.2, 0) is 0 Å². The molecule has 0 unspecified atom stereocenters. The van der Waals surface area contributed by atoms with Crippen molar-refractivity contribution in [2.24, 2.45) is 0 Å². The highest BCUT2D eigenvalue weighted by Crippen LogP contribution is 2.26. The molecule has 0 aliphatic carbocycles. The summed E-state index contributed by atoms with van der Waals surface area (Å²) in [5, 5.41) is 14.5. The SMILES string of the molecule is Nc1cnccc1-c1nc(-c2ccc([N+](=O)[O-])cc2)no1. The number of rotatable bonds is 3. The predicted molar refractivity (Wildman–Crippen MR) is 74.0 cm³/mol. The van der Waals surface area contributed by atoms with Gasteiger partial charge in [-0.3, -0.25) is 15.1 Å². The van der Waals surface area contributed by atoms with Crippen molar-refractivity contribution in [3.63, 3.8) is 0 Å². The van der Waals surface area contributed by atoms with Gasteiger partial charge in [-0.2, -0.15) is 4.98 Å². The number of hydrogen-bond donors (Lipinski definition) is 1. The summed E-state index contributed by atoms with van der Waals surface area (Å²) in [7, 11) is 0. The third-order valence-electron chi connectivity index (χ3n) is 2.84. The van der Waals surface area contributed by atoms with Crippen LogP contribution in [0.25, 0.3) is 22.8 Å². The summed E-state index contributed by atoms with van der Waals surface area (Å²) in [4.78, 5) is 18.3. The van der Waals surface area contributed by atoms with Crippen LogP contribution >= 0.6 is 0 Å². The fourth-order valence-electron chi connectivity index (χ4n) is 1.78. The van der Waals surface area contributed by atoms with E-state index in [0.29, 0.717) is 22.6 Å². The highest BCUT2D eigenvalue weighted by Gasteiger charge is 2.14. The van der Waals surface area contributed by atoms with Crippen LogP contribution in [0.1, 0.15) is 0 Å². The van der Waals surface area contributed by atoms with Crippen molar-refractivity contribution in [1.82, 2.24) is 15.1 Å². The van der Waals surface area contributed by atoms with Gasteiger partial charge < -0.3 is 10.3 Å². The Morgan fingerprint density at radius 3 is 2.62 bits per heavy atom. The molecule has 2 heterocycles. The molecule has 0 saturated heterocycles. The number of nitro benzene ring substituents is 1. The van der Waals surface area contributed by atoms with Gasteiger partial charge in [-0.05, 0) is 18.2 Å². The summed E-state index contributed by atoms with van der Waals surface area (Å²) < 4.78 is 5.16. The van der Waals surface area contributed by atoms with E-state index in [1.807, 2.05) is 0 Å². The quantitative estimate of drug-likeness (QED) is 0.578. The van der Waals surface area contributed by atoms with Crippen molar-refractivity contribution >= 4 is 11.4 Å². The summed E-state index contributed by atoms with van der Waals surface area (Å²) in [6, 6.07) is 7.55. The van der Waals surface area contributed by atoms with Gasteiger partial charge in [0.15, 0.2) is 0 Å². The molecule has 2 aromatic heterocycles. The molecule has 2 N–H and O–H groups in total. The molecule has 0 saturated carbocycles. The molecular weight excluding hydrogens is 274 g/mol. The van der Waals surface area contributed by atoms with E-state index in [2.05, 4.69) is 15.1 Å². The maximum Gasteiger partial charge on any atom is 0.269 e. The molecule has 0 atom stereocenters. The van der Waals surface area contributed by atoms with E-state index < -0.39 is 4.92 Å². The Morgan fingerprint density at radius 1 is 1.19 bits per heavy atom. The summed E-state index contributed by atoms with van der Waals surface area (Å²) in [6.45, 7) is 0. The first-order valence-electron chi connectivity index (χ1n) is 5.93. The summed E-state index contributed by atoms with van der Waals surface area (Å²) >= 11 is 0. The van der Waals surface area contributed by atoms with E-state index in [-0.39, 0.29) is 11.6 Å². The van der Waals surface area contributed by atoms with E-state index in [1.165, 1.54) is 18.3 Å². The highest BCUT2D eigenvalue weighted by atomic mass is 16.6. The lowest BCUT2D eigenvalue weighted by molar-refractivity contribution is -0.384. The third kappa shape index (κ3) is 2.41. The van der Waals surface area contributed by atoms with Gasteiger partial charge in [-0.25, -0.2) is 0 Å². The normalized spacial score (nSPS) is 10.5. The molecule has 0 radical (unpaired) electrons. The fourth-order valence-corrected chi connectivity index (χ4v) is 1.78. The third-order valence-corrected chi connectivity index (χ3v) is 2.84. The first kappa shape index (κ1) is 12.7. The van der Waals surface area contributed by atoms with Crippen LogP contribution in [0.4, 0.5) is 11.4 Å². The zero-order valence-corrected chi connectivity index (χ0v) is 10.6. The molecule has 1 aromatic carbocycles. The Morgan fingerprint density at radius 2 is 1.95 bits per heavy atom. The Bertz CT molecular complexity index is 798. The second-order valence-corrected chi connectivity index (χ2v) is 4.19. The molecule has 3 rings (SSSR count). The molecule has 0 bridgehead atoms. The number of nitrogen functional groups attached to an aromatic ring is 1. The minimum atomic E-state index is -0.469. The predicted octanol–water partition coefficient (Wildman–Crippen LogP) is 2.29. The van der Waals surface area contributed by atoms with E-state index in [0.717, 1.165) is 0 Å². The molecule has 0 fully saturated rings. The van der Waals surface area contributed by atoms with Gasteiger partial charge in [-0.1, -0.05) is 5.16 Å². The van der Waals surface area contributed by atoms with E-state index in [4.69, 9.17) is 10.3 Å². The highest BCUT2D eigenvalue weighted by molar-refractivity contribution is 5.70. The van der Waals surface area contributed by atoms with Gasteiger partial charge in [0, 0.05) is 23.9 Å². The summed E-state index contributed by atoms with van der Waals surface area (Å²) in [5.41, 5.74) is 7.42. The second-order valence-electron chi connectivity index (χ2n) is 4.19. The van der Waals surface area contributed by atoms with Crippen LogP contribution in [0.2, 0.25) is 0 Å². The molecule has 0 aliphatic heterocycles. The number of anilines is 1. The topological polar surface area (TPSA) is 121 Å². The molecule has 21 heavy (non-hydrogen) atoms. The number of nitrogens with two attached hydrogens (primary N) is 1. The minimum Gasteiger partial charge on any atom is -0.397 e. The standard InChI is InChI=1S/C13H9N5O3/c14-11-7-15-6-5-10(11)13-16-12(17-21-13)8-1-3-9(4-2-8)18(19)20/h1-7H,14H2. The largest absolute Gasteiger partial charge is 0.397 e. The van der Waals surface area contributed by atoms with Crippen molar-refractivity contribution in [3.05, 3.63) is 52.8 Å². The molecular formula is C13H9N5O3. The summed E-state index contributed by atoms with van der Waals surface area (Å²) in [6.07, 6.45) is 3.06. The number of hydrogen-bond acceptors (Lipinski definition) is 7. The number of non-ortho nitro benzene ring substituents is 1. The molecule has 8 nitrogen and oxygen atoms in total. The van der Waals surface area contributed by atoms with Crippen LogP contribution in [0.3, 0.4) is 0 Å². The van der Waals surface area contributed by atoms with Crippen LogP contribution in [0, 0.1) is 10.1 Å². The number of nitro groups is 1. The van der Waals surface area contributed by atoms with E-state index in [1.54, 1.807) is 24.4 Å². The number of aromatic nitrogens is 3. The number of benzene rings is 1. The average molecular weight is 283 g/mol. The van der Waals surface area contributed by atoms with Crippen LogP contribution in [-0.4, -0.2) is 20.0 Å². The van der Waals surface area contributed by atoms with Gasteiger partial charge in [-0.15, -0.1) is 0 Å². The Hall–Kier alpha value is -3.29. The number of nitrogens with zero attached hydrogens (tertiary/aromatic N) is 4. The monoisotopic (exact) mass is 283 g/mol. The molecule has 0 spiro atoms. The zero-order chi connectivity index (χ0) is 14.8. The van der Waals surface area contributed by atoms with E-state index in [9.17, 15) is 10.1 Å². The van der Waals surface area contributed by atoms with Crippen molar-refractivity contribution < 1.29 is 9.45 Å². The first-order valence-corrected chi connectivity index (χ1v) is 5.93. The first-order chi connectivity index (χ1) is 10.1. The van der Waals surface area contributed by atoms with Crippen molar-refractivity contribution in [2.45, 2.75) is 0 Å². The van der Waals surface area contributed by atoms with Gasteiger partial charge in [0.25, 0.3) is 11.6 Å². The fraction of sp³-hybridized carbons (Fsp3) is 0. The van der Waals surface area contributed by atoms with Crippen LogP contribution in [0.5, 0.6) is 0 Å². The Labute approximate surface area is 118 Å².